The monoisotopic (exact) mass is 543 g/mol. The summed E-state index contributed by atoms with van der Waals surface area (Å²) in [6.45, 7) is 16.0. The van der Waals surface area contributed by atoms with Gasteiger partial charge in [0.2, 0.25) is 0 Å². The van der Waals surface area contributed by atoms with E-state index in [0.29, 0.717) is 36.4 Å². The SMILES string of the molecule is Cc1nc2c(o1)-c1ccccc1N(C(=O)c1ccc(CNC(=O)N3CCN(CCC(C)(C)C)CC3)c(C)c1)CC2. The molecule has 40 heavy (non-hydrogen) atoms. The van der Waals surface area contributed by atoms with Crippen LogP contribution in [0.15, 0.2) is 46.9 Å². The fourth-order valence-electron chi connectivity index (χ4n) is 5.43. The number of aromatic nitrogens is 1. The third-order valence-electron chi connectivity index (χ3n) is 7.92. The second kappa shape index (κ2) is 11.5. The van der Waals surface area contributed by atoms with Crippen LogP contribution in [0.2, 0.25) is 0 Å². The lowest BCUT2D eigenvalue weighted by Crippen LogP contribution is -2.52. The van der Waals surface area contributed by atoms with E-state index in [1.54, 1.807) is 0 Å². The molecule has 212 valence electrons. The first kappa shape index (κ1) is 27.9. The first-order chi connectivity index (χ1) is 19.1. The lowest BCUT2D eigenvalue weighted by atomic mass is 9.92. The van der Waals surface area contributed by atoms with E-state index >= 15 is 0 Å². The molecule has 0 saturated carbocycles. The summed E-state index contributed by atoms with van der Waals surface area (Å²) in [6.07, 6.45) is 1.78. The van der Waals surface area contributed by atoms with Gasteiger partial charge in [-0.1, -0.05) is 39.0 Å². The number of rotatable bonds is 5. The van der Waals surface area contributed by atoms with Crippen molar-refractivity contribution in [1.82, 2.24) is 20.1 Å². The van der Waals surface area contributed by atoms with E-state index in [1.165, 1.54) is 0 Å². The largest absolute Gasteiger partial charge is 0.441 e. The second-order valence-corrected chi connectivity index (χ2v) is 12.2. The minimum absolute atomic E-state index is 0.0307. The maximum Gasteiger partial charge on any atom is 0.317 e. The maximum atomic E-state index is 13.7. The standard InChI is InChI=1S/C32H41N5O3/c1-22-20-24(30(38)37-14-12-27-29(40-23(2)34-27)26-8-6-7-9-28(26)37)10-11-25(22)21-33-31(39)36-18-16-35(17-19-36)15-13-32(3,4)5/h6-11,20H,12-19,21H2,1-5H3,(H,33,39). The van der Waals surface area contributed by atoms with Crippen molar-refractivity contribution in [3.63, 3.8) is 0 Å². The van der Waals surface area contributed by atoms with Gasteiger partial charge in [-0.15, -0.1) is 0 Å². The fraction of sp³-hybridized carbons (Fsp3) is 0.469. The van der Waals surface area contributed by atoms with E-state index in [-0.39, 0.29) is 11.9 Å². The zero-order valence-corrected chi connectivity index (χ0v) is 24.4. The van der Waals surface area contributed by atoms with E-state index in [4.69, 9.17) is 4.42 Å². The highest BCUT2D eigenvalue weighted by Crippen LogP contribution is 2.37. The molecule has 1 saturated heterocycles. The number of carbonyl (C=O) groups excluding carboxylic acids is 2. The van der Waals surface area contributed by atoms with Crippen molar-refractivity contribution >= 4 is 17.6 Å². The van der Waals surface area contributed by atoms with Crippen LogP contribution in [0, 0.1) is 19.3 Å². The van der Waals surface area contributed by atoms with Crippen molar-refractivity contribution in [2.24, 2.45) is 5.41 Å². The van der Waals surface area contributed by atoms with E-state index in [0.717, 1.165) is 73.0 Å². The summed E-state index contributed by atoms with van der Waals surface area (Å²) in [4.78, 5) is 37.3. The predicted molar refractivity (Wildman–Crippen MR) is 158 cm³/mol. The van der Waals surface area contributed by atoms with Gasteiger partial charge in [0.05, 0.1) is 11.4 Å². The van der Waals surface area contributed by atoms with Crippen molar-refractivity contribution in [3.8, 4) is 11.3 Å². The molecule has 0 bridgehead atoms. The van der Waals surface area contributed by atoms with Crippen LogP contribution in [-0.4, -0.2) is 66.0 Å². The predicted octanol–water partition coefficient (Wildman–Crippen LogP) is 5.42. The van der Waals surface area contributed by atoms with Crippen molar-refractivity contribution in [2.75, 3.05) is 44.2 Å². The Morgan fingerprint density at radius 2 is 1.75 bits per heavy atom. The average Bonchev–Trinajstić information content (AvgIpc) is 3.24. The smallest absolute Gasteiger partial charge is 0.317 e. The summed E-state index contributed by atoms with van der Waals surface area (Å²) in [5.41, 5.74) is 5.52. The van der Waals surface area contributed by atoms with Crippen molar-refractivity contribution in [1.29, 1.82) is 0 Å². The summed E-state index contributed by atoms with van der Waals surface area (Å²) in [5.74, 6) is 1.32. The molecule has 8 heteroatoms. The van der Waals surface area contributed by atoms with Crippen LogP contribution in [0.1, 0.15) is 60.3 Å². The lowest BCUT2D eigenvalue weighted by molar-refractivity contribution is 0.0987. The van der Waals surface area contributed by atoms with Gasteiger partial charge in [0.25, 0.3) is 5.91 Å². The number of para-hydroxylation sites is 1. The molecule has 2 aliphatic rings. The average molecular weight is 544 g/mol. The molecule has 3 aromatic rings. The van der Waals surface area contributed by atoms with Gasteiger partial charge in [-0.2, -0.15) is 0 Å². The van der Waals surface area contributed by atoms with E-state index in [2.05, 4.69) is 36.0 Å². The van der Waals surface area contributed by atoms with Gasteiger partial charge < -0.3 is 19.5 Å². The summed E-state index contributed by atoms with van der Waals surface area (Å²) >= 11 is 0. The van der Waals surface area contributed by atoms with Crippen LogP contribution in [0.5, 0.6) is 0 Å². The Hall–Kier alpha value is -3.65. The molecule has 0 aliphatic carbocycles. The van der Waals surface area contributed by atoms with Gasteiger partial charge in [0.15, 0.2) is 11.7 Å². The highest BCUT2D eigenvalue weighted by molar-refractivity contribution is 6.08. The second-order valence-electron chi connectivity index (χ2n) is 12.2. The highest BCUT2D eigenvalue weighted by atomic mass is 16.4. The van der Waals surface area contributed by atoms with Crippen LogP contribution in [0.25, 0.3) is 11.3 Å². The Balaban J connectivity index is 1.20. The summed E-state index contributed by atoms with van der Waals surface area (Å²) in [5, 5.41) is 3.08. The molecule has 5 rings (SSSR count). The summed E-state index contributed by atoms with van der Waals surface area (Å²) in [6, 6.07) is 13.5. The van der Waals surface area contributed by atoms with Crippen LogP contribution >= 0.6 is 0 Å². The van der Waals surface area contributed by atoms with E-state index in [9.17, 15) is 9.59 Å². The molecule has 1 fully saturated rings. The number of fused-ring (bicyclic) bond motifs is 3. The number of oxazole rings is 1. The number of aryl methyl sites for hydroxylation is 2. The third-order valence-corrected chi connectivity index (χ3v) is 7.92. The normalized spacial score (nSPS) is 15.8. The van der Waals surface area contributed by atoms with Gasteiger partial charge in [-0.05, 0) is 60.7 Å². The molecule has 0 radical (unpaired) electrons. The van der Waals surface area contributed by atoms with Crippen LogP contribution in [0.3, 0.4) is 0 Å². The van der Waals surface area contributed by atoms with E-state index in [1.807, 2.05) is 66.1 Å². The highest BCUT2D eigenvalue weighted by Gasteiger charge is 2.28. The number of hydrogen-bond acceptors (Lipinski definition) is 5. The first-order valence-electron chi connectivity index (χ1n) is 14.3. The first-order valence-corrected chi connectivity index (χ1v) is 14.3. The maximum absolute atomic E-state index is 13.7. The topological polar surface area (TPSA) is 81.9 Å². The van der Waals surface area contributed by atoms with Gasteiger partial charge in [-0.3, -0.25) is 9.69 Å². The third kappa shape index (κ3) is 6.22. The number of anilines is 1. The number of hydrogen-bond donors (Lipinski definition) is 1. The quantitative estimate of drug-likeness (QED) is 0.464. The molecule has 3 heterocycles. The number of urea groups is 1. The van der Waals surface area contributed by atoms with Gasteiger partial charge in [0.1, 0.15) is 0 Å². The Kier molecular flexibility index (Phi) is 7.99. The van der Waals surface area contributed by atoms with Gasteiger partial charge in [-0.25, -0.2) is 9.78 Å². The lowest BCUT2D eigenvalue weighted by Gasteiger charge is -2.36. The zero-order chi connectivity index (χ0) is 28.4. The Labute approximate surface area is 237 Å². The molecule has 2 aromatic carbocycles. The molecule has 0 atom stereocenters. The van der Waals surface area contributed by atoms with Crippen LogP contribution < -0.4 is 10.2 Å². The van der Waals surface area contributed by atoms with Crippen LogP contribution in [-0.2, 0) is 13.0 Å². The minimum atomic E-state index is -0.0580. The summed E-state index contributed by atoms with van der Waals surface area (Å²) in [7, 11) is 0. The Bertz CT molecular complexity index is 1380. The van der Waals surface area contributed by atoms with Crippen molar-refractivity contribution < 1.29 is 14.0 Å². The number of carbonyl (C=O) groups is 2. The molecule has 1 N–H and O–H groups in total. The molecule has 0 unspecified atom stereocenters. The molecule has 1 aromatic heterocycles. The van der Waals surface area contributed by atoms with E-state index < -0.39 is 0 Å². The van der Waals surface area contributed by atoms with Crippen molar-refractivity contribution in [3.05, 3.63) is 70.7 Å². The number of amides is 3. The summed E-state index contributed by atoms with van der Waals surface area (Å²) < 4.78 is 5.91. The molecule has 2 aliphatic heterocycles. The molecule has 8 nitrogen and oxygen atoms in total. The number of piperazine rings is 1. The van der Waals surface area contributed by atoms with Crippen LogP contribution in [0.4, 0.5) is 10.5 Å². The molecular formula is C32H41N5O3. The van der Waals surface area contributed by atoms with Crippen molar-refractivity contribution in [2.45, 2.75) is 54.0 Å². The number of nitrogens with zero attached hydrogens (tertiary/aromatic N) is 4. The molecule has 3 amide bonds. The molecular weight excluding hydrogens is 502 g/mol. The minimum Gasteiger partial charge on any atom is -0.441 e. The van der Waals surface area contributed by atoms with Gasteiger partial charge >= 0.3 is 6.03 Å². The molecule has 0 spiro atoms. The van der Waals surface area contributed by atoms with Gasteiger partial charge in [0, 0.05) is 63.7 Å². The zero-order valence-electron chi connectivity index (χ0n) is 24.4. The number of benzene rings is 2. The Morgan fingerprint density at radius 3 is 2.48 bits per heavy atom. The Morgan fingerprint density at radius 1 is 1.00 bits per heavy atom. The number of nitrogens with one attached hydrogen (secondary N) is 1. The fourth-order valence-corrected chi connectivity index (χ4v) is 5.43.